The van der Waals surface area contributed by atoms with Gasteiger partial charge in [-0.3, -0.25) is 0 Å². The van der Waals surface area contributed by atoms with E-state index in [9.17, 15) is 0 Å². The number of ether oxygens (including phenoxy) is 1. The number of methoxy groups -OCH3 is 1. The zero-order valence-electron chi connectivity index (χ0n) is 6.87. The van der Waals surface area contributed by atoms with Crippen LogP contribution in [0.15, 0.2) is 18.2 Å². The summed E-state index contributed by atoms with van der Waals surface area (Å²) < 4.78 is 5.05. The minimum atomic E-state index is 0.288. The highest BCUT2D eigenvalue weighted by Gasteiger charge is 2.04. The first-order chi connectivity index (χ1) is 5.79. The molecule has 3 nitrogen and oxygen atoms in total. The van der Waals surface area contributed by atoms with Crippen LogP contribution in [-0.2, 0) is 6.42 Å². The van der Waals surface area contributed by atoms with E-state index in [-0.39, 0.29) is 6.42 Å². The third-order valence-electron chi connectivity index (χ3n) is 1.65. The third-order valence-corrected chi connectivity index (χ3v) is 1.65. The molecule has 0 spiro atoms. The molecule has 0 bridgehead atoms. The summed E-state index contributed by atoms with van der Waals surface area (Å²) in [5.41, 5.74) is 7.03. The molecule has 0 unspecified atom stereocenters. The summed E-state index contributed by atoms with van der Waals surface area (Å²) in [5, 5.41) is 8.50. The second-order valence-corrected chi connectivity index (χ2v) is 2.36. The van der Waals surface area contributed by atoms with Crippen LogP contribution in [0.25, 0.3) is 0 Å². The quantitative estimate of drug-likeness (QED) is 0.667. The van der Waals surface area contributed by atoms with Gasteiger partial charge in [0.2, 0.25) is 0 Å². The highest BCUT2D eigenvalue weighted by Crippen LogP contribution is 2.23. The van der Waals surface area contributed by atoms with E-state index < -0.39 is 0 Å². The van der Waals surface area contributed by atoms with Gasteiger partial charge in [-0.2, -0.15) is 5.26 Å². The van der Waals surface area contributed by atoms with E-state index in [1.165, 1.54) is 0 Å². The standard InChI is InChI=1S/C9H10N2O/c1-12-9-4-2-3-8(11)7(9)5-6-10/h2-4H,5,11H2,1H3. The van der Waals surface area contributed by atoms with Gasteiger partial charge in [0.1, 0.15) is 5.75 Å². The van der Waals surface area contributed by atoms with Gasteiger partial charge in [-0.25, -0.2) is 0 Å². The van der Waals surface area contributed by atoms with E-state index in [1.54, 1.807) is 25.3 Å². The average molecular weight is 162 g/mol. The molecule has 62 valence electrons. The first-order valence-electron chi connectivity index (χ1n) is 3.58. The first-order valence-corrected chi connectivity index (χ1v) is 3.58. The van der Waals surface area contributed by atoms with E-state index in [4.69, 9.17) is 15.7 Å². The van der Waals surface area contributed by atoms with Gasteiger partial charge < -0.3 is 10.5 Å². The minimum absolute atomic E-state index is 0.288. The fourth-order valence-corrected chi connectivity index (χ4v) is 1.04. The lowest BCUT2D eigenvalue weighted by Crippen LogP contribution is -1.96. The first kappa shape index (κ1) is 8.41. The maximum absolute atomic E-state index is 8.50. The number of nitrogens with zero attached hydrogens (tertiary/aromatic N) is 1. The van der Waals surface area contributed by atoms with Crippen molar-refractivity contribution in [1.82, 2.24) is 0 Å². The van der Waals surface area contributed by atoms with Gasteiger partial charge in [0.15, 0.2) is 0 Å². The van der Waals surface area contributed by atoms with E-state index in [2.05, 4.69) is 0 Å². The number of hydrogen-bond acceptors (Lipinski definition) is 3. The maximum Gasteiger partial charge on any atom is 0.125 e. The van der Waals surface area contributed by atoms with Crippen molar-refractivity contribution in [3.05, 3.63) is 23.8 Å². The van der Waals surface area contributed by atoms with Gasteiger partial charge >= 0.3 is 0 Å². The monoisotopic (exact) mass is 162 g/mol. The largest absolute Gasteiger partial charge is 0.496 e. The molecule has 0 heterocycles. The molecule has 1 rings (SSSR count). The lowest BCUT2D eigenvalue weighted by Gasteiger charge is -2.07. The fraction of sp³-hybridized carbons (Fsp3) is 0.222. The van der Waals surface area contributed by atoms with Crippen molar-refractivity contribution in [2.75, 3.05) is 12.8 Å². The van der Waals surface area contributed by atoms with Gasteiger partial charge in [0.05, 0.1) is 19.6 Å². The van der Waals surface area contributed by atoms with Crippen molar-refractivity contribution in [3.8, 4) is 11.8 Å². The Bertz CT molecular complexity index is 315. The molecular formula is C9H10N2O. The highest BCUT2D eigenvalue weighted by molar-refractivity contribution is 5.55. The Labute approximate surface area is 71.4 Å². The molecule has 0 fully saturated rings. The molecule has 1 aromatic carbocycles. The van der Waals surface area contributed by atoms with Gasteiger partial charge in [0, 0.05) is 11.3 Å². The number of nitriles is 1. The van der Waals surface area contributed by atoms with Crippen molar-refractivity contribution < 1.29 is 4.74 Å². The number of rotatable bonds is 2. The second-order valence-electron chi connectivity index (χ2n) is 2.36. The van der Waals surface area contributed by atoms with Gasteiger partial charge in [0.25, 0.3) is 0 Å². The number of anilines is 1. The summed E-state index contributed by atoms with van der Waals surface area (Å²) in [6.07, 6.45) is 0.288. The van der Waals surface area contributed by atoms with Crippen LogP contribution in [-0.4, -0.2) is 7.11 Å². The Morgan fingerprint density at radius 2 is 2.33 bits per heavy atom. The van der Waals surface area contributed by atoms with Gasteiger partial charge in [-0.05, 0) is 12.1 Å². The van der Waals surface area contributed by atoms with Crippen molar-refractivity contribution in [1.29, 1.82) is 5.26 Å². The van der Waals surface area contributed by atoms with Crippen LogP contribution in [0.2, 0.25) is 0 Å². The summed E-state index contributed by atoms with van der Waals surface area (Å²) in [4.78, 5) is 0. The van der Waals surface area contributed by atoms with E-state index in [0.29, 0.717) is 11.4 Å². The number of hydrogen-bond donors (Lipinski definition) is 1. The highest BCUT2D eigenvalue weighted by atomic mass is 16.5. The summed E-state index contributed by atoms with van der Waals surface area (Å²) in [5.74, 6) is 0.677. The number of nitrogen functional groups attached to an aromatic ring is 1. The molecule has 0 saturated carbocycles. The van der Waals surface area contributed by atoms with E-state index in [0.717, 1.165) is 5.56 Å². The Morgan fingerprint density at radius 3 is 2.92 bits per heavy atom. The SMILES string of the molecule is COc1cccc(N)c1CC#N. The molecule has 2 N–H and O–H groups in total. The van der Waals surface area contributed by atoms with Crippen LogP contribution in [0.3, 0.4) is 0 Å². The molecule has 0 atom stereocenters. The molecule has 0 radical (unpaired) electrons. The van der Waals surface area contributed by atoms with Crippen molar-refractivity contribution in [3.63, 3.8) is 0 Å². The zero-order chi connectivity index (χ0) is 8.97. The predicted octanol–water partition coefficient (Wildman–Crippen LogP) is 1.34. The Morgan fingerprint density at radius 1 is 1.58 bits per heavy atom. The lowest BCUT2D eigenvalue weighted by molar-refractivity contribution is 0.411. The Kier molecular flexibility index (Phi) is 2.54. The normalized spacial score (nSPS) is 9.00. The van der Waals surface area contributed by atoms with Gasteiger partial charge in [-0.1, -0.05) is 6.07 Å². The molecular weight excluding hydrogens is 152 g/mol. The predicted molar refractivity (Wildman–Crippen MR) is 46.7 cm³/mol. The summed E-state index contributed by atoms with van der Waals surface area (Å²) in [6, 6.07) is 7.39. The molecule has 3 heteroatoms. The van der Waals surface area contributed by atoms with Crippen LogP contribution in [0.5, 0.6) is 5.75 Å². The van der Waals surface area contributed by atoms with Crippen LogP contribution in [0.1, 0.15) is 5.56 Å². The summed E-state index contributed by atoms with van der Waals surface area (Å²) >= 11 is 0. The Hall–Kier alpha value is -1.69. The van der Waals surface area contributed by atoms with Crippen molar-refractivity contribution >= 4 is 5.69 Å². The Balaban J connectivity index is 3.12. The molecule has 0 aliphatic carbocycles. The molecule has 12 heavy (non-hydrogen) atoms. The molecule has 1 aromatic rings. The van der Waals surface area contributed by atoms with Crippen LogP contribution < -0.4 is 10.5 Å². The summed E-state index contributed by atoms with van der Waals surface area (Å²) in [6.45, 7) is 0. The number of benzene rings is 1. The van der Waals surface area contributed by atoms with Crippen molar-refractivity contribution in [2.24, 2.45) is 0 Å². The number of nitrogens with two attached hydrogens (primary N) is 1. The van der Waals surface area contributed by atoms with E-state index >= 15 is 0 Å². The minimum Gasteiger partial charge on any atom is -0.496 e. The van der Waals surface area contributed by atoms with Crippen molar-refractivity contribution in [2.45, 2.75) is 6.42 Å². The van der Waals surface area contributed by atoms with Gasteiger partial charge in [-0.15, -0.1) is 0 Å². The van der Waals surface area contributed by atoms with Crippen LogP contribution in [0, 0.1) is 11.3 Å². The molecule has 0 aliphatic rings. The fourth-order valence-electron chi connectivity index (χ4n) is 1.04. The average Bonchev–Trinajstić information content (AvgIpc) is 2.09. The molecule has 0 saturated heterocycles. The summed E-state index contributed by atoms with van der Waals surface area (Å²) in [7, 11) is 1.57. The molecule has 0 aromatic heterocycles. The molecule has 0 aliphatic heterocycles. The van der Waals surface area contributed by atoms with Crippen LogP contribution in [0.4, 0.5) is 5.69 Å². The topological polar surface area (TPSA) is 59.0 Å². The smallest absolute Gasteiger partial charge is 0.125 e. The lowest BCUT2D eigenvalue weighted by atomic mass is 10.1. The van der Waals surface area contributed by atoms with Crippen LogP contribution >= 0.6 is 0 Å². The third kappa shape index (κ3) is 1.48. The molecule has 0 amide bonds. The maximum atomic E-state index is 8.50. The zero-order valence-corrected chi connectivity index (χ0v) is 6.87. The second kappa shape index (κ2) is 3.63. The van der Waals surface area contributed by atoms with E-state index in [1.807, 2.05) is 6.07 Å².